The summed E-state index contributed by atoms with van der Waals surface area (Å²) in [4.78, 5) is 35.3. The maximum atomic E-state index is 12.0. The van der Waals surface area contributed by atoms with Crippen LogP contribution in [-0.4, -0.2) is 24.2 Å². The summed E-state index contributed by atoms with van der Waals surface area (Å²) in [6.45, 7) is 7.45. The van der Waals surface area contributed by atoms with Gasteiger partial charge < -0.3 is 19.2 Å². The molecule has 152 valence electrons. The summed E-state index contributed by atoms with van der Waals surface area (Å²) in [7, 11) is 0. The van der Waals surface area contributed by atoms with E-state index in [9.17, 15) is 14.4 Å². The number of ether oxygens (including phenoxy) is 2. The highest BCUT2D eigenvalue weighted by atomic mass is 16.6. The standard InChI is InChI=1S/C21H27NO6/c1-5-6-7-14-12-19(24)27-17-13-15(8-9-16(14)17)26-18(23)10-11-22-20(25)28-21(2,3)4/h8-9,12-13H,5-7,10-11H2,1-4H3,(H,22,25). The predicted molar refractivity (Wildman–Crippen MR) is 106 cm³/mol. The van der Waals surface area contributed by atoms with Crippen LogP contribution in [0, 0.1) is 0 Å². The predicted octanol–water partition coefficient (Wildman–Crippen LogP) is 3.96. The Morgan fingerprint density at radius 3 is 2.61 bits per heavy atom. The molecule has 7 heteroatoms. The van der Waals surface area contributed by atoms with E-state index in [1.807, 2.05) is 0 Å². The van der Waals surface area contributed by atoms with Crippen molar-refractivity contribution in [3.8, 4) is 5.75 Å². The van der Waals surface area contributed by atoms with Gasteiger partial charge in [-0.15, -0.1) is 0 Å². The zero-order valence-corrected chi connectivity index (χ0v) is 16.8. The number of carbonyl (C=O) groups is 2. The van der Waals surface area contributed by atoms with Crippen molar-refractivity contribution in [2.45, 2.75) is 59.0 Å². The van der Waals surface area contributed by atoms with E-state index >= 15 is 0 Å². The monoisotopic (exact) mass is 389 g/mol. The van der Waals surface area contributed by atoms with Crippen LogP contribution in [0.2, 0.25) is 0 Å². The summed E-state index contributed by atoms with van der Waals surface area (Å²) < 4.78 is 15.6. The molecule has 0 saturated heterocycles. The first kappa shape index (κ1) is 21.5. The van der Waals surface area contributed by atoms with E-state index in [2.05, 4.69) is 12.2 Å². The van der Waals surface area contributed by atoms with E-state index in [0.29, 0.717) is 5.58 Å². The zero-order valence-electron chi connectivity index (χ0n) is 16.8. The van der Waals surface area contributed by atoms with E-state index in [4.69, 9.17) is 13.9 Å². The van der Waals surface area contributed by atoms with Crippen molar-refractivity contribution < 1.29 is 23.5 Å². The molecular weight excluding hydrogens is 362 g/mol. The van der Waals surface area contributed by atoms with Crippen LogP contribution in [0.1, 0.15) is 52.5 Å². The molecular formula is C21H27NO6. The van der Waals surface area contributed by atoms with Crippen molar-refractivity contribution in [1.82, 2.24) is 5.32 Å². The smallest absolute Gasteiger partial charge is 0.407 e. The Kier molecular flexibility index (Phi) is 7.20. The number of esters is 1. The highest BCUT2D eigenvalue weighted by Crippen LogP contribution is 2.24. The van der Waals surface area contributed by atoms with Crippen LogP contribution in [-0.2, 0) is 16.0 Å². The summed E-state index contributed by atoms with van der Waals surface area (Å²) in [5.74, 6) is -0.231. The van der Waals surface area contributed by atoms with E-state index in [1.165, 1.54) is 12.1 Å². The molecule has 2 rings (SSSR count). The zero-order chi connectivity index (χ0) is 20.7. The van der Waals surface area contributed by atoms with Gasteiger partial charge in [0.05, 0.1) is 6.42 Å². The van der Waals surface area contributed by atoms with Crippen LogP contribution < -0.4 is 15.7 Å². The Labute approximate surface area is 164 Å². The van der Waals surface area contributed by atoms with Crippen LogP contribution in [0.4, 0.5) is 4.79 Å². The van der Waals surface area contributed by atoms with Gasteiger partial charge in [0.15, 0.2) is 0 Å². The SMILES string of the molecule is CCCCc1cc(=O)oc2cc(OC(=O)CCNC(=O)OC(C)(C)C)ccc12. The Bertz CT molecular complexity index is 894. The molecule has 0 aliphatic heterocycles. The molecule has 0 spiro atoms. The average Bonchev–Trinajstić information content (AvgIpc) is 2.57. The molecule has 2 aromatic rings. The summed E-state index contributed by atoms with van der Waals surface area (Å²) in [6.07, 6.45) is 2.17. The van der Waals surface area contributed by atoms with Crippen LogP contribution in [0.15, 0.2) is 33.5 Å². The van der Waals surface area contributed by atoms with E-state index in [0.717, 1.165) is 30.2 Å². The average molecular weight is 389 g/mol. The summed E-state index contributed by atoms with van der Waals surface area (Å²) in [5, 5.41) is 3.33. The first-order valence-corrected chi connectivity index (χ1v) is 9.42. The summed E-state index contributed by atoms with van der Waals surface area (Å²) >= 11 is 0. The first-order chi connectivity index (χ1) is 13.2. The summed E-state index contributed by atoms with van der Waals surface area (Å²) in [5.41, 5.74) is 0.280. The number of amides is 1. The molecule has 1 heterocycles. The molecule has 0 saturated carbocycles. The third kappa shape index (κ3) is 6.72. The van der Waals surface area contributed by atoms with Crippen molar-refractivity contribution in [3.05, 3.63) is 40.2 Å². The minimum atomic E-state index is -0.602. The fourth-order valence-corrected chi connectivity index (χ4v) is 2.61. The van der Waals surface area contributed by atoms with Gasteiger partial charge in [-0.25, -0.2) is 9.59 Å². The van der Waals surface area contributed by atoms with Crippen molar-refractivity contribution in [1.29, 1.82) is 0 Å². The van der Waals surface area contributed by atoms with Crippen molar-refractivity contribution in [2.75, 3.05) is 6.54 Å². The highest BCUT2D eigenvalue weighted by Gasteiger charge is 2.16. The molecule has 1 N–H and O–H groups in total. The van der Waals surface area contributed by atoms with Gasteiger partial charge in [0.2, 0.25) is 0 Å². The van der Waals surface area contributed by atoms with Gasteiger partial charge in [-0.05, 0) is 51.3 Å². The molecule has 0 aliphatic carbocycles. The largest absolute Gasteiger partial charge is 0.444 e. The molecule has 1 aromatic heterocycles. The van der Waals surface area contributed by atoms with E-state index in [1.54, 1.807) is 32.9 Å². The fourth-order valence-electron chi connectivity index (χ4n) is 2.61. The molecule has 28 heavy (non-hydrogen) atoms. The van der Waals surface area contributed by atoms with Gasteiger partial charge in [-0.1, -0.05) is 13.3 Å². The fraction of sp³-hybridized carbons (Fsp3) is 0.476. The van der Waals surface area contributed by atoms with E-state index in [-0.39, 0.29) is 18.7 Å². The quantitative estimate of drug-likeness (QED) is 0.438. The molecule has 0 fully saturated rings. The first-order valence-electron chi connectivity index (χ1n) is 9.42. The normalized spacial score (nSPS) is 11.3. The second-order valence-corrected chi connectivity index (χ2v) is 7.50. The topological polar surface area (TPSA) is 94.8 Å². The molecule has 1 amide bonds. The van der Waals surface area contributed by atoms with E-state index < -0.39 is 23.3 Å². The molecule has 0 radical (unpaired) electrons. The molecule has 7 nitrogen and oxygen atoms in total. The number of rotatable bonds is 7. The Morgan fingerprint density at radius 2 is 1.93 bits per heavy atom. The van der Waals surface area contributed by atoms with Gasteiger partial charge in [0.1, 0.15) is 16.9 Å². The maximum Gasteiger partial charge on any atom is 0.407 e. The number of carbonyl (C=O) groups excluding carboxylic acids is 2. The second kappa shape index (κ2) is 9.39. The van der Waals surface area contributed by atoms with Crippen molar-refractivity contribution >= 4 is 23.0 Å². The number of hydrogen-bond acceptors (Lipinski definition) is 6. The number of hydrogen-bond donors (Lipinski definition) is 1. The number of unbranched alkanes of at least 4 members (excludes halogenated alkanes) is 1. The lowest BCUT2D eigenvalue weighted by Crippen LogP contribution is -2.34. The Morgan fingerprint density at radius 1 is 1.18 bits per heavy atom. The van der Waals surface area contributed by atoms with Gasteiger partial charge in [0, 0.05) is 24.1 Å². The number of nitrogens with one attached hydrogen (secondary N) is 1. The highest BCUT2D eigenvalue weighted by molar-refractivity contribution is 5.83. The van der Waals surface area contributed by atoms with Crippen molar-refractivity contribution in [3.63, 3.8) is 0 Å². The van der Waals surface area contributed by atoms with Crippen LogP contribution in [0.5, 0.6) is 5.75 Å². The molecule has 1 aromatic carbocycles. The lowest BCUT2D eigenvalue weighted by Gasteiger charge is -2.19. The van der Waals surface area contributed by atoms with Crippen molar-refractivity contribution in [2.24, 2.45) is 0 Å². The number of aryl methyl sites for hydroxylation is 1. The third-order valence-electron chi connectivity index (χ3n) is 3.83. The van der Waals surface area contributed by atoms with Crippen LogP contribution in [0.25, 0.3) is 11.0 Å². The molecule has 0 aliphatic rings. The lowest BCUT2D eigenvalue weighted by atomic mass is 10.0. The van der Waals surface area contributed by atoms with Gasteiger partial charge in [-0.3, -0.25) is 4.79 Å². The molecule has 0 unspecified atom stereocenters. The number of benzene rings is 1. The van der Waals surface area contributed by atoms with Crippen LogP contribution in [0.3, 0.4) is 0 Å². The molecule has 0 bridgehead atoms. The van der Waals surface area contributed by atoms with Gasteiger partial charge in [-0.2, -0.15) is 0 Å². The number of alkyl carbamates (subject to hydrolysis) is 1. The third-order valence-corrected chi connectivity index (χ3v) is 3.83. The molecule has 0 atom stereocenters. The Hall–Kier alpha value is -2.83. The number of fused-ring (bicyclic) bond motifs is 1. The minimum absolute atomic E-state index is 0.0161. The van der Waals surface area contributed by atoms with Gasteiger partial charge >= 0.3 is 17.7 Å². The summed E-state index contributed by atoms with van der Waals surface area (Å²) in [6, 6.07) is 6.49. The maximum absolute atomic E-state index is 12.0. The second-order valence-electron chi connectivity index (χ2n) is 7.50. The Balaban J connectivity index is 1.97. The van der Waals surface area contributed by atoms with Crippen LogP contribution >= 0.6 is 0 Å². The van der Waals surface area contributed by atoms with Gasteiger partial charge in [0.25, 0.3) is 0 Å². The minimum Gasteiger partial charge on any atom is -0.444 e. The lowest BCUT2D eigenvalue weighted by molar-refractivity contribution is -0.134.